The Morgan fingerprint density at radius 2 is 1.95 bits per heavy atom. The molecule has 2 heterocycles. The Balaban J connectivity index is 0.000000205. The minimum atomic E-state index is -0.553. The number of morpholine rings is 1. The number of nitrogens with one attached hydrogen (secondary N) is 1. The van der Waals surface area contributed by atoms with Crippen molar-refractivity contribution in [1.29, 1.82) is 0 Å². The Hall–Kier alpha value is -2.05. The van der Waals surface area contributed by atoms with Crippen molar-refractivity contribution in [2.75, 3.05) is 38.3 Å². The Morgan fingerprint density at radius 1 is 1.25 bits per heavy atom. The molecule has 0 aromatic heterocycles. The largest absolute Gasteiger partial charge is 0.379 e. The van der Waals surface area contributed by atoms with E-state index in [4.69, 9.17) is 4.74 Å². The summed E-state index contributed by atoms with van der Waals surface area (Å²) in [5.41, 5.74) is 1.27. The fourth-order valence-corrected chi connectivity index (χ4v) is 1.99. The molecule has 0 atom stereocenters. The summed E-state index contributed by atoms with van der Waals surface area (Å²) in [5, 5.41) is 3.16. The van der Waals surface area contributed by atoms with Gasteiger partial charge in [-0.3, -0.25) is 14.4 Å². The minimum absolute atomic E-state index is 0.308. The van der Waals surface area contributed by atoms with Crippen molar-refractivity contribution in [1.82, 2.24) is 5.32 Å². The van der Waals surface area contributed by atoms with Crippen molar-refractivity contribution in [2.24, 2.45) is 0 Å². The van der Waals surface area contributed by atoms with Gasteiger partial charge in [-0.1, -0.05) is 0 Å². The molecular weight excluding hydrogens is 260 g/mol. The summed E-state index contributed by atoms with van der Waals surface area (Å²) < 4.78 is 5.01. The number of benzene rings is 1. The van der Waals surface area contributed by atoms with E-state index in [1.807, 2.05) is 0 Å². The van der Waals surface area contributed by atoms with E-state index in [2.05, 4.69) is 5.32 Å². The Bertz CT molecular complexity index is 526. The molecule has 0 aliphatic carbocycles. The second kappa shape index (κ2) is 6.40. The predicted octanol–water partition coefficient (Wildman–Crippen LogP) is 0.264. The first-order valence-electron chi connectivity index (χ1n) is 6.35. The lowest BCUT2D eigenvalue weighted by molar-refractivity contribution is -0.114. The molecule has 1 saturated heterocycles. The molecule has 6 nitrogen and oxygen atoms in total. The van der Waals surface area contributed by atoms with Crippen LogP contribution in [-0.2, 0) is 9.53 Å². The maximum Gasteiger partial charge on any atom is 0.299 e. The number of fused-ring (bicyclic) bond motifs is 1. The Morgan fingerprint density at radius 3 is 2.45 bits per heavy atom. The van der Waals surface area contributed by atoms with Crippen molar-refractivity contribution in [3.8, 4) is 0 Å². The van der Waals surface area contributed by atoms with E-state index in [-0.39, 0.29) is 0 Å². The lowest BCUT2D eigenvalue weighted by Crippen LogP contribution is -2.30. The molecular formula is C14H16N2O4. The third kappa shape index (κ3) is 2.92. The van der Waals surface area contributed by atoms with Crippen molar-refractivity contribution >= 4 is 23.7 Å². The Labute approximate surface area is 116 Å². The second-order valence-corrected chi connectivity index (χ2v) is 4.45. The summed E-state index contributed by atoms with van der Waals surface area (Å²) in [6.07, 6.45) is 0.649. The number of ether oxygens (including phenoxy) is 1. The number of hydrogen-bond donors (Lipinski definition) is 1. The molecule has 3 rings (SSSR count). The van der Waals surface area contributed by atoms with Crippen LogP contribution in [0.1, 0.15) is 20.7 Å². The number of likely N-dealkylation sites (N-methyl/N-ethyl adjacent to an activating group) is 1. The quantitative estimate of drug-likeness (QED) is 0.588. The third-order valence-electron chi connectivity index (χ3n) is 3.11. The number of rotatable bonds is 1. The number of nitrogens with zero attached hydrogens (tertiary/aromatic N) is 1. The summed E-state index contributed by atoms with van der Waals surface area (Å²) >= 11 is 0. The highest BCUT2D eigenvalue weighted by molar-refractivity contribution is 6.52. The molecule has 0 bridgehead atoms. The predicted molar refractivity (Wildman–Crippen MR) is 73.3 cm³/mol. The first-order chi connectivity index (χ1) is 9.65. The molecule has 1 aromatic rings. The van der Waals surface area contributed by atoms with E-state index in [0.29, 0.717) is 23.1 Å². The lowest BCUT2D eigenvalue weighted by Gasteiger charge is -2.10. The lowest BCUT2D eigenvalue weighted by atomic mass is 10.1. The van der Waals surface area contributed by atoms with Crippen LogP contribution in [0.4, 0.5) is 5.69 Å². The van der Waals surface area contributed by atoms with Crippen LogP contribution in [0.15, 0.2) is 18.2 Å². The first-order valence-corrected chi connectivity index (χ1v) is 6.35. The molecule has 0 saturated carbocycles. The number of aldehydes is 1. The summed E-state index contributed by atoms with van der Waals surface area (Å²) in [4.78, 5) is 34.4. The van der Waals surface area contributed by atoms with Crippen molar-refractivity contribution < 1.29 is 19.1 Å². The molecule has 1 aromatic carbocycles. The molecule has 106 valence electrons. The number of Topliss-reactive ketones (excluding diaryl/α,β-unsaturated/α-hetero) is 1. The van der Waals surface area contributed by atoms with Crippen LogP contribution < -0.4 is 10.2 Å². The van der Waals surface area contributed by atoms with Crippen molar-refractivity contribution in [2.45, 2.75) is 0 Å². The van der Waals surface area contributed by atoms with Gasteiger partial charge < -0.3 is 15.0 Å². The fraction of sp³-hybridized carbons (Fsp3) is 0.357. The number of amides is 1. The van der Waals surface area contributed by atoms with Crippen LogP contribution in [0.5, 0.6) is 0 Å². The number of carbonyl (C=O) groups excluding carboxylic acids is 3. The number of carbonyl (C=O) groups is 3. The molecule has 2 aliphatic rings. The number of anilines is 1. The molecule has 0 unspecified atom stereocenters. The zero-order chi connectivity index (χ0) is 14.5. The highest BCUT2D eigenvalue weighted by Crippen LogP contribution is 2.27. The van der Waals surface area contributed by atoms with E-state index >= 15 is 0 Å². The van der Waals surface area contributed by atoms with Gasteiger partial charge in [0.25, 0.3) is 11.7 Å². The summed E-state index contributed by atoms with van der Waals surface area (Å²) in [5.74, 6) is -1.10. The van der Waals surface area contributed by atoms with Gasteiger partial charge >= 0.3 is 0 Å². The van der Waals surface area contributed by atoms with E-state index in [1.54, 1.807) is 12.1 Å². The van der Waals surface area contributed by atoms with Crippen molar-refractivity contribution in [3.63, 3.8) is 0 Å². The average Bonchev–Trinajstić information content (AvgIpc) is 2.74. The maximum atomic E-state index is 11.4. The summed E-state index contributed by atoms with van der Waals surface area (Å²) in [6.45, 7) is 3.83. The Kier molecular flexibility index (Phi) is 4.60. The zero-order valence-corrected chi connectivity index (χ0v) is 11.2. The van der Waals surface area contributed by atoms with E-state index in [1.165, 1.54) is 18.0 Å². The summed E-state index contributed by atoms with van der Waals surface area (Å²) in [7, 11) is 1.53. The topological polar surface area (TPSA) is 75.7 Å². The van der Waals surface area contributed by atoms with Gasteiger partial charge in [-0.05, 0) is 18.2 Å². The van der Waals surface area contributed by atoms with Crippen LogP contribution in [0.2, 0.25) is 0 Å². The van der Waals surface area contributed by atoms with Gasteiger partial charge in [0.1, 0.15) is 6.29 Å². The van der Waals surface area contributed by atoms with Gasteiger partial charge in [-0.15, -0.1) is 0 Å². The van der Waals surface area contributed by atoms with Crippen LogP contribution in [0.3, 0.4) is 0 Å². The molecule has 0 spiro atoms. The third-order valence-corrected chi connectivity index (χ3v) is 3.11. The van der Waals surface area contributed by atoms with E-state index < -0.39 is 11.7 Å². The first kappa shape index (κ1) is 14.4. The smallest absolute Gasteiger partial charge is 0.299 e. The second-order valence-electron chi connectivity index (χ2n) is 4.45. The highest BCUT2D eigenvalue weighted by atomic mass is 16.5. The van der Waals surface area contributed by atoms with Crippen LogP contribution in [0, 0.1) is 0 Å². The molecule has 20 heavy (non-hydrogen) atoms. The molecule has 1 fully saturated rings. The molecule has 2 aliphatic heterocycles. The molecule has 6 heteroatoms. The zero-order valence-electron chi connectivity index (χ0n) is 11.2. The number of hydrogen-bond acceptors (Lipinski definition) is 5. The molecule has 1 N–H and O–H groups in total. The van der Waals surface area contributed by atoms with E-state index in [9.17, 15) is 14.4 Å². The van der Waals surface area contributed by atoms with Crippen LogP contribution in [-0.4, -0.2) is 51.3 Å². The SMILES string of the molecule is C1COCCN1.CN1C(=O)C(=O)c2cc(C=O)ccc21. The van der Waals surface area contributed by atoms with Gasteiger partial charge in [0, 0.05) is 25.7 Å². The highest BCUT2D eigenvalue weighted by Gasteiger charge is 2.33. The van der Waals surface area contributed by atoms with Crippen LogP contribution >= 0.6 is 0 Å². The molecule has 1 amide bonds. The maximum absolute atomic E-state index is 11.4. The monoisotopic (exact) mass is 276 g/mol. The average molecular weight is 276 g/mol. The number of ketones is 1. The van der Waals surface area contributed by atoms with Gasteiger partial charge in [0.2, 0.25) is 0 Å². The standard InChI is InChI=1S/C10H7NO3.C4H9NO/c1-11-8-3-2-6(5-12)4-7(8)9(13)10(11)14;1-3-6-4-2-5-1/h2-5H,1H3;5H,1-4H2. The van der Waals surface area contributed by atoms with Gasteiger partial charge in [0.05, 0.1) is 24.5 Å². The normalized spacial score (nSPS) is 17.4. The van der Waals surface area contributed by atoms with Crippen LogP contribution in [0.25, 0.3) is 0 Å². The fourth-order valence-electron chi connectivity index (χ4n) is 1.99. The van der Waals surface area contributed by atoms with Gasteiger partial charge in [0.15, 0.2) is 0 Å². The van der Waals surface area contributed by atoms with Gasteiger partial charge in [-0.25, -0.2) is 0 Å². The summed E-state index contributed by atoms with van der Waals surface area (Å²) in [6, 6.07) is 4.61. The van der Waals surface area contributed by atoms with Gasteiger partial charge in [-0.2, -0.15) is 0 Å². The molecule has 0 radical (unpaired) electrons. The minimum Gasteiger partial charge on any atom is -0.379 e. The van der Waals surface area contributed by atoms with Crippen molar-refractivity contribution in [3.05, 3.63) is 29.3 Å². The van der Waals surface area contributed by atoms with E-state index in [0.717, 1.165) is 26.3 Å².